The van der Waals surface area contributed by atoms with Crippen molar-refractivity contribution in [1.29, 1.82) is 0 Å². The number of carbonyl (C=O) groups excluding carboxylic acids is 2. The summed E-state index contributed by atoms with van der Waals surface area (Å²) in [6, 6.07) is 0. The highest BCUT2D eigenvalue weighted by molar-refractivity contribution is 7.45. The maximum Gasteiger partial charge on any atom is 0.306 e. The summed E-state index contributed by atoms with van der Waals surface area (Å²) >= 11 is 0. The van der Waals surface area contributed by atoms with E-state index >= 15 is 0 Å². The number of quaternary nitrogens is 1. The summed E-state index contributed by atoms with van der Waals surface area (Å²) in [6.07, 6.45) is 49.2. The Kier molecular flexibility index (Phi) is 38.1. The fraction of sp³-hybridized carbons (Fsp3) is 0.708. The second kappa shape index (κ2) is 39.9. The average Bonchev–Trinajstić information content (AvgIpc) is 3.17. The molecule has 0 aromatic heterocycles. The van der Waals surface area contributed by atoms with Crippen LogP contribution in [0.5, 0.6) is 0 Å². The number of unbranched alkanes of at least 4 members (excludes halogenated alkanes) is 14. The summed E-state index contributed by atoms with van der Waals surface area (Å²) in [7, 11) is 1.13. The second-order valence-corrected chi connectivity index (χ2v) is 17.4. The number of likely N-dealkylation sites (N-methyl/N-ethyl adjacent to an activating group) is 1. The number of carbonyl (C=O) groups is 2. The molecule has 0 rings (SSSR count). The molecule has 0 aromatic carbocycles. The van der Waals surface area contributed by atoms with E-state index in [1.807, 2.05) is 21.1 Å². The molecule has 0 amide bonds. The molecule has 0 heterocycles. The maximum absolute atomic E-state index is 12.7. The van der Waals surface area contributed by atoms with Crippen molar-refractivity contribution in [2.24, 2.45) is 0 Å². The third-order valence-corrected chi connectivity index (χ3v) is 10.2. The summed E-state index contributed by atoms with van der Waals surface area (Å²) in [4.78, 5) is 37.6. The van der Waals surface area contributed by atoms with Crippen molar-refractivity contribution >= 4 is 19.8 Å². The van der Waals surface area contributed by atoms with E-state index in [1.54, 1.807) is 0 Å². The minimum atomic E-state index is -4.64. The van der Waals surface area contributed by atoms with Crippen molar-refractivity contribution in [2.45, 2.75) is 174 Å². The van der Waals surface area contributed by atoms with E-state index in [0.29, 0.717) is 17.4 Å². The Labute approximate surface area is 355 Å². The van der Waals surface area contributed by atoms with Gasteiger partial charge in [0.05, 0.1) is 27.7 Å². The molecule has 0 aliphatic carbocycles. The van der Waals surface area contributed by atoms with Crippen LogP contribution in [0, 0.1) is 0 Å². The van der Waals surface area contributed by atoms with Crippen LogP contribution in [0.25, 0.3) is 0 Å². The number of hydrogen-bond acceptors (Lipinski definition) is 8. The Morgan fingerprint density at radius 3 is 1.50 bits per heavy atom. The first-order chi connectivity index (χ1) is 28.0. The molecule has 9 nitrogen and oxygen atoms in total. The molecule has 334 valence electrons. The van der Waals surface area contributed by atoms with Crippen molar-refractivity contribution in [1.82, 2.24) is 0 Å². The summed E-state index contributed by atoms with van der Waals surface area (Å²) in [5.74, 6) is -0.880. The van der Waals surface area contributed by atoms with Crippen molar-refractivity contribution in [2.75, 3.05) is 47.5 Å². The number of hydrogen-bond donors (Lipinski definition) is 0. The van der Waals surface area contributed by atoms with Crippen molar-refractivity contribution in [3.63, 3.8) is 0 Å². The van der Waals surface area contributed by atoms with E-state index in [2.05, 4.69) is 86.8 Å². The van der Waals surface area contributed by atoms with E-state index < -0.39 is 32.5 Å². The Morgan fingerprint density at radius 2 is 0.983 bits per heavy atom. The third-order valence-electron chi connectivity index (χ3n) is 9.21. The molecule has 0 N–H and O–H groups in total. The molecule has 10 heteroatoms. The van der Waals surface area contributed by atoms with Crippen LogP contribution in [0.2, 0.25) is 0 Å². The Hall–Kier alpha value is -2.55. The molecular weight excluding hydrogens is 750 g/mol. The standard InChI is InChI=1S/C48H84NO8P/c1-6-8-10-12-14-16-18-20-22-23-24-25-27-29-31-33-35-37-39-41-48(51)57-46(45-56-58(52,53)55-43-42-49(3,4)5)44-54-47(50)40-38-36-34-32-30-28-26-21-19-17-15-13-11-9-7-2/h8,10,13-16,20,22,24-25,29,31,46H,6-7,9,11-12,17-19,21,23,26-28,30,32-45H2,1-5H3/b10-8+,15-13+,16-14+,22-20+,25-24+,31-29+/t46-/m1/s1. The number of esters is 2. The Balaban J connectivity index is 4.42. The van der Waals surface area contributed by atoms with E-state index in [0.717, 1.165) is 77.0 Å². The molecule has 0 radical (unpaired) electrons. The summed E-state index contributed by atoms with van der Waals surface area (Å²) in [5.41, 5.74) is 0. The zero-order chi connectivity index (χ0) is 42.8. The van der Waals surface area contributed by atoms with Gasteiger partial charge in [0, 0.05) is 12.8 Å². The lowest BCUT2D eigenvalue weighted by molar-refractivity contribution is -0.870. The molecule has 0 aliphatic rings. The van der Waals surface area contributed by atoms with E-state index in [4.69, 9.17) is 18.5 Å². The zero-order valence-corrected chi connectivity index (χ0v) is 38.4. The lowest BCUT2D eigenvalue weighted by Gasteiger charge is -2.28. The molecule has 0 fully saturated rings. The third kappa shape index (κ3) is 43.0. The van der Waals surface area contributed by atoms with Gasteiger partial charge in [0.15, 0.2) is 6.10 Å². The normalized spacial score (nSPS) is 14.2. The molecule has 0 bridgehead atoms. The van der Waals surface area contributed by atoms with E-state index in [-0.39, 0.29) is 26.1 Å². The van der Waals surface area contributed by atoms with Gasteiger partial charge in [-0.05, 0) is 77.0 Å². The largest absolute Gasteiger partial charge is 0.756 e. The summed E-state index contributed by atoms with van der Waals surface area (Å²) in [5, 5.41) is 0. The van der Waals surface area contributed by atoms with E-state index in [9.17, 15) is 19.0 Å². The summed E-state index contributed by atoms with van der Waals surface area (Å²) < 4.78 is 33.9. The highest BCUT2D eigenvalue weighted by Gasteiger charge is 2.21. The molecule has 2 atom stereocenters. The van der Waals surface area contributed by atoms with Gasteiger partial charge in [-0.15, -0.1) is 0 Å². The number of rotatable bonds is 40. The van der Waals surface area contributed by atoms with Gasteiger partial charge < -0.3 is 27.9 Å². The van der Waals surface area contributed by atoms with E-state index in [1.165, 1.54) is 57.8 Å². The topological polar surface area (TPSA) is 111 Å². The number of ether oxygens (including phenoxy) is 2. The van der Waals surface area contributed by atoms with Gasteiger partial charge in [-0.2, -0.15) is 0 Å². The van der Waals surface area contributed by atoms with Gasteiger partial charge >= 0.3 is 11.9 Å². The monoisotopic (exact) mass is 834 g/mol. The first-order valence-corrected chi connectivity index (χ1v) is 24.1. The minimum absolute atomic E-state index is 0.0413. The van der Waals surface area contributed by atoms with Crippen LogP contribution in [0.4, 0.5) is 0 Å². The predicted molar refractivity (Wildman–Crippen MR) is 240 cm³/mol. The Morgan fingerprint density at radius 1 is 0.552 bits per heavy atom. The van der Waals surface area contributed by atoms with Crippen LogP contribution in [-0.4, -0.2) is 70.0 Å². The van der Waals surface area contributed by atoms with Crippen molar-refractivity contribution < 1.29 is 42.1 Å². The first kappa shape index (κ1) is 55.5. The van der Waals surface area contributed by atoms with Crippen LogP contribution in [0.3, 0.4) is 0 Å². The fourth-order valence-electron chi connectivity index (χ4n) is 5.66. The first-order valence-electron chi connectivity index (χ1n) is 22.6. The molecule has 0 spiro atoms. The number of allylic oxidation sites excluding steroid dienone is 12. The Bertz CT molecular complexity index is 1220. The SMILES string of the molecule is CC/C=C/C/C=C/C/C=C/C/C=C/C/C=C/CCCCCC(=O)O[C@H](COC(=O)CCCCCCCCCCC/C=C/CCCC)COP(=O)([O-])OCC[N+](C)(C)C. The van der Waals surface area contributed by atoms with Gasteiger partial charge in [-0.3, -0.25) is 14.2 Å². The van der Waals surface area contributed by atoms with Crippen LogP contribution >= 0.6 is 7.82 Å². The van der Waals surface area contributed by atoms with Crippen LogP contribution in [-0.2, 0) is 32.7 Å². The second-order valence-electron chi connectivity index (χ2n) is 16.0. The van der Waals surface area contributed by atoms with Crippen molar-refractivity contribution in [3.8, 4) is 0 Å². The molecule has 0 saturated carbocycles. The predicted octanol–water partition coefficient (Wildman–Crippen LogP) is 12.4. The summed E-state index contributed by atoms with van der Waals surface area (Å²) in [6.45, 7) is 4.03. The van der Waals surface area contributed by atoms with Crippen LogP contribution < -0.4 is 4.89 Å². The quantitative estimate of drug-likeness (QED) is 0.0197. The highest BCUT2D eigenvalue weighted by atomic mass is 31.2. The molecule has 0 aromatic rings. The van der Waals surface area contributed by atoms with Gasteiger partial charge in [0.2, 0.25) is 0 Å². The smallest absolute Gasteiger partial charge is 0.306 e. The number of nitrogens with zero attached hydrogens (tertiary/aromatic N) is 1. The van der Waals surface area contributed by atoms with Crippen LogP contribution in [0.1, 0.15) is 168 Å². The minimum Gasteiger partial charge on any atom is -0.756 e. The highest BCUT2D eigenvalue weighted by Crippen LogP contribution is 2.38. The maximum atomic E-state index is 12.7. The molecule has 0 aliphatic heterocycles. The van der Waals surface area contributed by atoms with Crippen LogP contribution in [0.15, 0.2) is 72.9 Å². The molecule has 58 heavy (non-hydrogen) atoms. The van der Waals surface area contributed by atoms with Gasteiger partial charge in [0.1, 0.15) is 19.8 Å². The van der Waals surface area contributed by atoms with Gasteiger partial charge in [-0.25, -0.2) is 0 Å². The lowest BCUT2D eigenvalue weighted by atomic mass is 10.1. The molecule has 1 unspecified atom stereocenters. The number of phosphoric acid groups is 1. The van der Waals surface area contributed by atoms with Gasteiger partial charge in [-0.1, -0.05) is 151 Å². The lowest BCUT2D eigenvalue weighted by Crippen LogP contribution is -2.37. The number of phosphoric ester groups is 1. The van der Waals surface area contributed by atoms with Gasteiger partial charge in [0.25, 0.3) is 7.82 Å². The fourth-order valence-corrected chi connectivity index (χ4v) is 6.39. The molecule has 0 saturated heterocycles. The zero-order valence-electron chi connectivity index (χ0n) is 37.5. The average molecular weight is 834 g/mol. The molecular formula is C48H84NO8P. The van der Waals surface area contributed by atoms with Crippen molar-refractivity contribution in [3.05, 3.63) is 72.9 Å².